The number of nitrogens with zero attached hydrogens (tertiary/aromatic N) is 2. The number of likely N-dealkylation sites (tertiary alicyclic amines) is 1. The minimum absolute atomic E-state index is 0.151. The third kappa shape index (κ3) is 5.66. The van der Waals surface area contributed by atoms with Crippen LogP contribution in [0.15, 0.2) is 36.4 Å². The molecule has 1 atom stereocenters. The minimum atomic E-state index is -0.274. The van der Waals surface area contributed by atoms with Crippen LogP contribution in [0, 0.1) is 5.41 Å². The van der Waals surface area contributed by atoms with Crippen molar-refractivity contribution in [3.8, 4) is 0 Å². The smallest absolute Gasteiger partial charge is 0.261 e. The predicted molar refractivity (Wildman–Crippen MR) is 142 cm³/mol. The van der Waals surface area contributed by atoms with Gasteiger partial charge in [0.1, 0.15) is 11.9 Å². The maximum Gasteiger partial charge on any atom is 0.261 e. The lowest BCUT2D eigenvalue weighted by Crippen LogP contribution is -2.32. The molecule has 2 aromatic rings. The van der Waals surface area contributed by atoms with Gasteiger partial charge in [-0.05, 0) is 50.0 Å². The fourth-order valence-electron chi connectivity index (χ4n) is 4.96. The molecular formula is C26H32ClN5O2S. The average Bonchev–Trinajstić information content (AvgIpc) is 3.62. The van der Waals surface area contributed by atoms with Crippen LogP contribution in [0.1, 0.15) is 59.3 Å². The zero-order valence-corrected chi connectivity index (χ0v) is 21.4. The molecular weight excluding hydrogens is 482 g/mol. The molecule has 4 heterocycles. The molecule has 1 aromatic carbocycles. The van der Waals surface area contributed by atoms with Crippen molar-refractivity contribution in [1.29, 1.82) is 5.41 Å². The Kier molecular flexibility index (Phi) is 7.60. The van der Waals surface area contributed by atoms with Gasteiger partial charge in [0, 0.05) is 43.0 Å². The van der Waals surface area contributed by atoms with Gasteiger partial charge in [0.2, 0.25) is 0 Å². The van der Waals surface area contributed by atoms with Crippen LogP contribution in [0.3, 0.4) is 0 Å². The molecule has 3 aliphatic heterocycles. The van der Waals surface area contributed by atoms with Crippen molar-refractivity contribution in [3.05, 3.63) is 56.7 Å². The molecule has 5 rings (SSSR count). The molecule has 3 N–H and O–H groups in total. The highest BCUT2D eigenvalue weighted by Gasteiger charge is 2.25. The molecule has 3 aliphatic rings. The molecule has 0 spiro atoms. The summed E-state index contributed by atoms with van der Waals surface area (Å²) in [5, 5.41) is 11.7. The molecule has 7 nitrogen and oxygen atoms in total. The molecule has 1 unspecified atom stereocenters. The van der Waals surface area contributed by atoms with E-state index in [4.69, 9.17) is 21.8 Å². The molecule has 0 saturated carbocycles. The highest BCUT2D eigenvalue weighted by molar-refractivity contribution is 7.18. The first-order valence-corrected chi connectivity index (χ1v) is 13.7. The fourth-order valence-corrected chi connectivity index (χ4v) is 5.92. The Balaban J connectivity index is 1.35. The van der Waals surface area contributed by atoms with Crippen molar-refractivity contribution in [2.75, 3.05) is 37.6 Å². The van der Waals surface area contributed by atoms with Crippen LogP contribution in [0.25, 0.3) is 5.70 Å². The van der Waals surface area contributed by atoms with Gasteiger partial charge < -0.3 is 15.1 Å². The molecule has 186 valence electrons. The minimum Gasteiger partial charge on any atom is -0.371 e. The zero-order valence-electron chi connectivity index (χ0n) is 19.8. The molecule has 0 bridgehead atoms. The van der Waals surface area contributed by atoms with Crippen LogP contribution in [0.2, 0.25) is 4.34 Å². The van der Waals surface area contributed by atoms with Gasteiger partial charge in [0.05, 0.1) is 21.5 Å². The fraction of sp³-hybridized carbons (Fsp3) is 0.462. The summed E-state index contributed by atoms with van der Waals surface area (Å²) in [6.45, 7) is 4.33. The summed E-state index contributed by atoms with van der Waals surface area (Å²) >= 11 is 7.21. The maximum absolute atomic E-state index is 12.4. The number of anilines is 1. The number of benzene rings is 1. The number of thiophene rings is 1. The summed E-state index contributed by atoms with van der Waals surface area (Å²) in [5.41, 5.74) is 7.18. The third-order valence-corrected chi connectivity index (χ3v) is 8.09. The Hall–Kier alpha value is -2.55. The quantitative estimate of drug-likeness (QED) is 0.379. The predicted octanol–water partition coefficient (Wildman–Crippen LogP) is 4.88. The Bertz CT molecular complexity index is 1100. The monoisotopic (exact) mass is 513 g/mol. The van der Waals surface area contributed by atoms with Gasteiger partial charge in [0.25, 0.3) is 5.91 Å². The summed E-state index contributed by atoms with van der Waals surface area (Å²) < 4.78 is 0.596. The molecule has 2 saturated heterocycles. The first-order valence-electron chi connectivity index (χ1n) is 12.5. The standard InChI is InChI=1S/C26H32ClN5O2S/c27-24-10-9-23(35-24)26(33)29-17-19-16-21(30-34-19)20-8-7-18(25(28)32-13-5-6-14-32)15-22(20)31-11-3-1-2-4-12-31/h7-10,15-16,19,28,30H,1-6,11-14,17H2,(H,29,33). The van der Waals surface area contributed by atoms with Crippen LogP contribution < -0.4 is 15.7 Å². The topological polar surface area (TPSA) is 80.7 Å². The number of rotatable bonds is 6. The van der Waals surface area contributed by atoms with Crippen LogP contribution in [0.4, 0.5) is 5.69 Å². The van der Waals surface area contributed by atoms with Crippen molar-refractivity contribution < 1.29 is 9.63 Å². The van der Waals surface area contributed by atoms with Gasteiger partial charge in [-0.25, -0.2) is 0 Å². The van der Waals surface area contributed by atoms with Crippen LogP contribution >= 0.6 is 22.9 Å². The number of hydroxylamine groups is 1. The molecule has 0 aliphatic carbocycles. The Morgan fingerprint density at radius 1 is 1.09 bits per heavy atom. The van der Waals surface area contributed by atoms with E-state index >= 15 is 0 Å². The highest BCUT2D eigenvalue weighted by Crippen LogP contribution is 2.32. The third-order valence-electron chi connectivity index (χ3n) is 6.86. The van der Waals surface area contributed by atoms with Gasteiger partial charge in [-0.1, -0.05) is 36.6 Å². The Labute approximate surface area is 215 Å². The second-order valence-corrected chi connectivity index (χ2v) is 11.0. The van der Waals surface area contributed by atoms with Crippen LogP contribution in [0.5, 0.6) is 0 Å². The molecule has 1 aromatic heterocycles. The number of hydrogen-bond donors (Lipinski definition) is 3. The van der Waals surface area contributed by atoms with Crippen LogP contribution in [-0.2, 0) is 4.84 Å². The number of amides is 1. The van der Waals surface area contributed by atoms with Gasteiger partial charge in [-0.3, -0.25) is 20.5 Å². The van der Waals surface area contributed by atoms with Gasteiger partial charge in [0.15, 0.2) is 0 Å². The first kappa shape index (κ1) is 24.2. The van der Waals surface area contributed by atoms with E-state index in [0.717, 1.165) is 61.5 Å². The SMILES string of the molecule is N=C(c1ccc(C2=CC(CNC(=O)c3ccc(Cl)s3)ON2)c(N2CCCCCC2)c1)N1CCCC1. The van der Waals surface area contributed by atoms with Gasteiger partial charge in [-0.15, -0.1) is 11.3 Å². The summed E-state index contributed by atoms with van der Waals surface area (Å²) in [6, 6.07) is 9.79. The number of halogens is 1. The van der Waals surface area contributed by atoms with E-state index in [1.165, 1.54) is 37.0 Å². The van der Waals surface area contributed by atoms with E-state index in [0.29, 0.717) is 21.6 Å². The second kappa shape index (κ2) is 11.0. The number of hydrogen-bond acceptors (Lipinski definition) is 6. The lowest BCUT2D eigenvalue weighted by Gasteiger charge is -2.27. The average molecular weight is 514 g/mol. The van der Waals surface area contributed by atoms with Crippen molar-refractivity contribution in [1.82, 2.24) is 15.7 Å². The number of amidine groups is 1. The molecule has 9 heteroatoms. The Morgan fingerprint density at radius 3 is 2.54 bits per heavy atom. The van der Waals surface area contributed by atoms with E-state index in [-0.39, 0.29) is 12.0 Å². The second-order valence-electron chi connectivity index (χ2n) is 9.33. The summed E-state index contributed by atoms with van der Waals surface area (Å²) in [5.74, 6) is 0.464. The molecule has 35 heavy (non-hydrogen) atoms. The van der Waals surface area contributed by atoms with E-state index < -0.39 is 0 Å². The Morgan fingerprint density at radius 2 is 1.83 bits per heavy atom. The van der Waals surface area contributed by atoms with Crippen LogP contribution in [-0.4, -0.2) is 55.5 Å². The van der Waals surface area contributed by atoms with E-state index in [1.807, 2.05) is 6.08 Å². The van der Waals surface area contributed by atoms with E-state index in [1.54, 1.807) is 12.1 Å². The van der Waals surface area contributed by atoms with Crippen molar-refractivity contribution in [3.63, 3.8) is 0 Å². The maximum atomic E-state index is 12.4. The number of carbonyl (C=O) groups is 1. The van der Waals surface area contributed by atoms with E-state index in [2.05, 4.69) is 38.8 Å². The van der Waals surface area contributed by atoms with E-state index in [9.17, 15) is 4.79 Å². The lowest BCUT2D eigenvalue weighted by molar-refractivity contribution is 0.0499. The lowest BCUT2D eigenvalue weighted by atomic mass is 10.0. The van der Waals surface area contributed by atoms with Gasteiger partial charge in [-0.2, -0.15) is 0 Å². The van der Waals surface area contributed by atoms with Crippen molar-refractivity contribution >= 4 is 46.1 Å². The zero-order chi connectivity index (χ0) is 24.2. The molecule has 0 radical (unpaired) electrons. The van der Waals surface area contributed by atoms with Crippen molar-refractivity contribution in [2.24, 2.45) is 0 Å². The summed E-state index contributed by atoms with van der Waals surface area (Å²) in [7, 11) is 0. The first-order chi connectivity index (χ1) is 17.1. The summed E-state index contributed by atoms with van der Waals surface area (Å²) in [6.07, 6.45) is 8.95. The number of nitrogens with one attached hydrogen (secondary N) is 3. The normalized spacial score (nSPS) is 20.4. The highest BCUT2D eigenvalue weighted by atomic mass is 35.5. The largest absolute Gasteiger partial charge is 0.371 e. The molecule has 1 amide bonds. The van der Waals surface area contributed by atoms with Crippen molar-refractivity contribution in [2.45, 2.75) is 44.6 Å². The number of carbonyl (C=O) groups excluding carboxylic acids is 1. The van der Waals surface area contributed by atoms with Gasteiger partial charge >= 0.3 is 0 Å². The molecule has 2 fully saturated rings. The summed E-state index contributed by atoms with van der Waals surface area (Å²) in [4.78, 5) is 23.4.